The number of nitrogens with zero attached hydrogens (tertiary/aromatic N) is 2. The molecule has 0 atom stereocenters. The van der Waals surface area contributed by atoms with E-state index < -0.39 is 0 Å². The van der Waals surface area contributed by atoms with Crippen LogP contribution in [0.3, 0.4) is 0 Å². The van der Waals surface area contributed by atoms with Crippen molar-refractivity contribution in [3.8, 4) is 0 Å². The van der Waals surface area contributed by atoms with Gasteiger partial charge in [0.05, 0.1) is 0 Å². The molecule has 0 amide bonds. The van der Waals surface area contributed by atoms with Crippen molar-refractivity contribution in [1.29, 1.82) is 0 Å². The van der Waals surface area contributed by atoms with Crippen LogP contribution in [-0.2, 0) is 0 Å². The van der Waals surface area contributed by atoms with E-state index >= 15 is 0 Å². The predicted octanol–water partition coefficient (Wildman–Crippen LogP) is 2.82. The van der Waals surface area contributed by atoms with Gasteiger partial charge in [0.1, 0.15) is 0 Å². The molecule has 0 bridgehead atoms. The van der Waals surface area contributed by atoms with Crippen molar-refractivity contribution >= 4 is 0 Å². The molecule has 2 aliphatic rings. The fourth-order valence-corrected chi connectivity index (χ4v) is 4.21. The van der Waals surface area contributed by atoms with Crippen molar-refractivity contribution < 1.29 is 0 Å². The summed E-state index contributed by atoms with van der Waals surface area (Å²) in [5.74, 6) is 0.763. The molecule has 1 saturated carbocycles. The largest absolute Gasteiger partial charge is 0.316 e. The van der Waals surface area contributed by atoms with Gasteiger partial charge in [-0.2, -0.15) is 0 Å². The SMILES string of the molecule is CC(C)CNCC1(CN2CCC(N(C)C)CC2)CCCC1. The van der Waals surface area contributed by atoms with Crippen molar-refractivity contribution in [2.24, 2.45) is 11.3 Å². The van der Waals surface area contributed by atoms with Crippen LogP contribution < -0.4 is 5.32 Å². The van der Waals surface area contributed by atoms with Gasteiger partial charge in [-0.3, -0.25) is 0 Å². The van der Waals surface area contributed by atoms with E-state index in [1.165, 1.54) is 71.2 Å². The number of hydrogen-bond donors (Lipinski definition) is 1. The first kappa shape index (κ1) is 17.2. The molecule has 3 nitrogen and oxygen atoms in total. The normalized spacial score (nSPS) is 24.3. The Morgan fingerprint density at radius 3 is 2.29 bits per heavy atom. The minimum atomic E-state index is 0.569. The van der Waals surface area contributed by atoms with Gasteiger partial charge in [-0.1, -0.05) is 26.7 Å². The Hall–Kier alpha value is -0.120. The van der Waals surface area contributed by atoms with Crippen LogP contribution in [0.1, 0.15) is 52.4 Å². The summed E-state index contributed by atoms with van der Waals surface area (Å²) in [7, 11) is 4.46. The van der Waals surface area contributed by atoms with Gasteiger partial charge in [-0.15, -0.1) is 0 Å². The molecule has 124 valence electrons. The minimum absolute atomic E-state index is 0.569. The Bertz CT molecular complexity index is 287. The first-order chi connectivity index (χ1) is 10.0. The van der Waals surface area contributed by atoms with Gasteiger partial charge in [-0.05, 0) is 70.7 Å². The molecular formula is C18H37N3. The standard InChI is InChI=1S/C18H37N3/c1-16(2)13-19-14-18(9-5-6-10-18)15-21-11-7-17(8-12-21)20(3)4/h16-17,19H,5-15H2,1-4H3. The van der Waals surface area contributed by atoms with Gasteiger partial charge in [0.2, 0.25) is 0 Å². The summed E-state index contributed by atoms with van der Waals surface area (Å²) in [4.78, 5) is 5.16. The Morgan fingerprint density at radius 2 is 1.76 bits per heavy atom. The maximum Gasteiger partial charge on any atom is 0.0113 e. The summed E-state index contributed by atoms with van der Waals surface area (Å²) in [6, 6.07) is 0.805. The molecule has 0 aromatic carbocycles. The maximum absolute atomic E-state index is 3.75. The second-order valence-corrected chi connectivity index (χ2v) is 8.20. The average molecular weight is 296 g/mol. The first-order valence-electron chi connectivity index (χ1n) is 9.10. The van der Waals surface area contributed by atoms with Gasteiger partial charge >= 0.3 is 0 Å². The maximum atomic E-state index is 3.75. The molecular weight excluding hydrogens is 258 g/mol. The van der Waals surface area contributed by atoms with Crippen molar-refractivity contribution in [1.82, 2.24) is 15.1 Å². The lowest BCUT2D eigenvalue weighted by atomic mass is 9.84. The van der Waals surface area contributed by atoms with Crippen LogP contribution in [0.2, 0.25) is 0 Å². The lowest BCUT2D eigenvalue weighted by Gasteiger charge is -2.40. The molecule has 1 aliphatic carbocycles. The van der Waals surface area contributed by atoms with Gasteiger partial charge in [0, 0.05) is 19.1 Å². The summed E-state index contributed by atoms with van der Waals surface area (Å²) in [6.07, 6.45) is 8.46. The van der Waals surface area contributed by atoms with E-state index in [0.717, 1.165) is 12.0 Å². The summed E-state index contributed by atoms with van der Waals surface area (Å²) < 4.78 is 0. The highest BCUT2D eigenvalue weighted by atomic mass is 15.2. The van der Waals surface area contributed by atoms with Gasteiger partial charge < -0.3 is 15.1 Å². The summed E-state index contributed by atoms with van der Waals surface area (Å²) in [5, 5.41) is 3.75. The highest BCUT2D eigenvalue weighted by Crippen LogP contribution is 2.39. The molecule has 21 heavy (non-hydrogen) atoms. The molecule has 0 unspecified atom stereocenters. The van der Waals surface area contributed by atoms with Crippen LogP contribution in [0.25, 0.3) is 0 Å². The first-order valence-corrected chi connectivity index (χ1v) is 9.10. The fraction of sp³-hybridized carbons (Fsp3) is 1.00. The van der Waals surface area contributed by atoms with E-state index in [9.17, 15) is 0 Å². The lowest BCUT2D eigenvalue weighted by molar-refractivity contribution is 0.0943. The zero-order chi connectivity index (χ0) is 15.3. The second-order valence-electron chi connectivity index (χ2n) is 8.20. The highest BCUT2D eigenvalue weighted by molar-refractivity contribution is 4.91. The third kappa shape index (κ3) is 5.22. The minimum Gasteiger partial charge on any atom is -0.316 e. The summed E-state index contributed by atoms with van der Waals surface area (Å²) in [5.41, 5.74) is 0.569. The smallest absolute Gasteiger partial charge is 0.0113 e. The average Bonchev–Trinajstić information content (AvgIpc) is 2.87. The number of hydrogen-bond acceptors (Lipinski definition) is 3. The molecule has 0 spiro atoms. The Labute approximate surface area is 132 Å². The Kier molecular flexibility index (Phi) is 6.51. The van der Waals surface area contributed by atoms with E-state index in [2.05, 4.69) is 43.1 Å². The van der Waals surface area contributed by atoms with Gasteiger partial charge in [0.15, 0.2) is 0 Å². The molecule has 2 rings (SSSR count). The highest BCUT2D eigenvalue weighted by Gasteiger charge is 2.36. The molecule has 1 aliphatic heterocycles. The van der Waals surface area contributed by atoms with Crippen molar-refractivity contribution in [3.63, 3.8) is 0 Å². The van der Waals surface area contributed by atoms with Gasteiger partial charge in [0.25, 0.3) is 0 Å². The Balaban J connectivity index is 1.80. The quantitative estimate of drug-likeness (QED) is 0.779. The van der Waals surface area contributed by atoms with Crippen LogP contribution in [0.5, 0.6) is 0 Å². The lowest BCUT2D eigenvalue weighted by Crippen LogP contribution is -2.48. The number of piperidine rings is 1. The molecule has 2 fully saturated rings. The second kappa shape index (κ2) is 7.94. The third-order valence-electron chi connectivity index (χ3n) is 5.56. The third-order valence-corrected chi connectivity index (χ3v) is 5.56. The molecule has 0 aromatic rings. The van der Waals surface area contributed by atoms with Crippen LogP contribution in [-0.4, -0.2) is 62.7 Å². The van der Waals surface area contributed by atoms with E-state index in [1.54, 1.807) is 0 Å². The summed E-state index contributed by atoms with van der Waals surface area (Å²) in [6.45, 7) is 11.0. The van der Waals surface area contributed by atoms with Crippen LogP contribution in [0.4, 0.5) is 0 Å². The van der Waals surface area contributed by atoms with E-state index in [4.69, 9.17) is 0 Å². The number of likely N-dealkylation sites (tertiary alicyclic amines) is 1. The molecule has 1 N–H and O–H groups in total. The predicted molar refractivity (Wildman–Crippen MR) is 91.8 cm³/mol. The number of rotatable bonds is 7. The van der Waals surface area contributed by atoms with Crippen molar-refractivity contribution in [2.75, 3.05) is 46.8 Å². The van der Waals surface area contributed by atoms with Crippen LogP contribution in [0.15, 0.2) is 0 Å². The van der Waals surface area contributed by atoms with E-state index in [1.807, 2.05) is 0 Å². The van der Waals surface area contributed by atoms with Crippen LogP contribution in [0, 0.1) is 11.3 Å². The molecule has 3 heteroatoms. The van der Waals surface area contributed by atoms with E-state index in [-0.39, 0.29) is 0 Å². The van der Waals surface area contributed by atoms with Crippen molar-refractivity contribution in [2.45, 2.75) is 58.4 Å². The zero-order valence-electron chi connectivity index (χ0n) is 14.8. The molecule has 1 saturated heterocycles. The van der Waals surface area contributed by atoms with Gasteiger partial charge in [-0.25, -0.2) is 0 Å². The van der Waals surface area contributed by atoms with Crippen LogP contribution >= 0.6 is 0 Å². The molecule has 0 radical (unpaired) electrons. The monoisotopic (exact) mass is 295 g/mol. The number of nitrogens with one attached hydrogen (secondary N) is 1. The Morgan fingerprint density at radius 1 is 1.14 bits per heavy atom. The summed E-state index contributed by atoms with van der Waals surface area (Å²) >= 11 is 0. The van der Waals surface area contributed by atoms with E-state index in [0.29, 0.717) is 5.41 Å². The molecule has 0 aromatic heterocycles. The topological polar surface area (TPSA) is 18.5 Å². The zero-order valence-corrected chi connectivity index (χ0v) is 14.8. The fourth-order valence-electron chi connectivity index (χ4n) is 4.21. The van der Waals surface area contributed by atoms with Crippen molar-refractivity contribution in [3.05, 3.63) is 0 Å². The molecule has 1 heterocycles.